The van der Waals surface area contributed by atoms with Crippen molar-refractivity contribution in [3.63, 3.8) is 0 Å². The molecular formula is C31H27BN6O2. The van der Waals surface area contributed by atoms with Crippen molar-refractivity contribution >= 4 is 46.1 Å². The molecule has 6 aromatic rings. The molecule has 3 heterocycles. The summed E-state index contributed by atoms with van der Waals surface area (Å²) < 4.78 is 1.58. The van der Waals surface area contributed by atoms with Crippen LogP contribution in [0.25, 0.3) is 33.2 Å². The van der Waals surface area contributed by atoms with Gasteiger partial charge in [-0.1, -0.05) is 18.2 Å². The fourth-order valence-corrected chi connectivity index (χ4v) is 4.81. The quantitative estimate of drug-likeness (QED) is 0.201. The van der Waals surface area contributed by atoms with Gasteiger partial charge in [-0.05, 0) is 85.9 Å². The molecule has 0 radical (unpaired) electrons. The van der Waals surface area contributed by atoms with Crippen molar-refractivity contribution in [3.8, 4) is 11.4 Å². The number of aromatic nitrogens is 5. The third kappa shape index (κ3) is 4.94. The minimum atomic E-state index is -0.716. The molecule has 9 heteroatoms. The number of hydrogen-bond acceptors (Lipinski definition) is 7. The maximum atomic E-state index is 12.8. The zero-order valence-corrected chi connectivity index (χ0v) is 22.5. The predicted octanol–water partition coefficient (Wildman–Crippen LogP) is 5.79. The molecule has 0 saturated carbocycles. The van der Waals surface area contributed by atoms with Gasteiger partial charge in [0.25, 0.3) is 0 Å². The SMILES string of the molecule is CB(O)n1ncc2cc(Nc3nc(-c4cccc(CC(=O)c5cccnc5)c4)nc4cc(C)c(C)cc34)ccc21. The first kappa shape index (κ1) is 25.4. The number of ketones is 1. The van der Waals surface area contributed by atoms with Gasteiger partial charge in [0.1, 0.15) is 5.82 Å². The minimum Gasteiger partial charge on any atom is -0.431 e. The fourth-order valence-electron chi connectivity index (χ4n) is 4.81. The number of nitrogens with one attached hydrogen (secondary N) is 1. The average molecular weight is 526 g/mol. The number of benzene rings is 3. The number of aryl methyl sites for hydroxylation is 2. The molecule has 0 bridgehead atoms. The zero-order chi connectivity index (χ0) is 27.8. The number of fused-ring (bicyclic) bond motifs is 2. The van der Waals surface area contributed by atoms with Crippen LogP contribution in [0, 0.1) is 13.8 Å². The first-order valence-electron chi connectivity index (χ1n) is 13.1. The molecule has 0 aliphatic rings. The monoisotopic (exact) mass is 526 g/mol. The molecule has 8 nitrogen and oxygen atoms in total. The second-order valence-corrected chi connectivity index (χ2v) is 10.0. The average Bonchev–Trinajstić information content (AvgIpc) is 3.38. The first-order chi connectivity index (χ1) is 19.4. The molecule has 0 aliphatic heterocycles. The lowest BCUT2D eigenvalue weighted by Gasteiger charge is -2.14. The van der Waals surface area contributed by atoms with Crippen LogP contribution in [0.1, 0.15) is 27.0 Å². The van der Waals surface area contributed by atoms with E-state index in [4.69, 9.17) is 9.97 Å². The molecule has 0 saturated heterocycles. The molecular weight excluding hydrogens is 499 g/mol. The van der Waals surface area contributed by atoms with Crippen LogP contribution < -0.4 is 5.32 Å². The molecule has 3 aromatic heterocycles. The zero-order valence-electron chi connectivity index (χ0n) is 22.5. The summed E-state index contributed by atoms with van der Waals surface area (Å²) in [7, 11) is -0.716. The van der Waals surface area contributed by atoms with E-state index in [-0.39, 0.29) is 12.2 Å². The summed E-state index contributed by atoms with van der Waals surface area (Å²) in [6.07, 6.45) is 5.25. The third-order valence-corrected chi connectivity index (χ3v) is 7.06. The highest BCUT2D eigenvalue weighted by atomic mass is 16.2. The predicted molar refractivity (Wildman–Crippen MR) is 159 cm³/mol. The molecule has 0 amide bonds. The van der Waals surface area contributed by atoms with Crippen molar-refractivity contribution in [1.82, 2.24) is 24.6 Å². The summed E-state index contributed by atoms with van der Waals surface area (Å²) in [5.41, 5.74) is 7.11. The van der Waals surface area contributed by atoms with Gasteiger partial charge in [0, 0.05) is 46.4 Å². The lowest BCUT2D eigenvalue weighted by molar-refractivity contribution is 0.0992. The smallest absolute Gasteiger partial charge is 0.431 e. The number of anilines is 2. The molecule has 0 atom stereocenters. The summed E-state index contributed by atoms with van der Waals surface area (Å²) >= 11 is 0. The maximum absolute atomic E-state index is 12.8. The number of nitrogens with zero attached hydrogens (tertiary/aromatic N) is 5. The van der Waals surface area contributed by atoms with Crippen molar-refractivity contribution in [2.45, 2.75) is 27.1 Å². The lowest BCUT2D eigenvalue weighted by Crippen LogP contribution is -2.20. The van der Waals surface area contributed by atoms with E-state index in [9.17, 15) is 9.82 Å². The summed E-state index contributed by atoms with van der Waals surface area (Å²) in [6.45, 7) is 5.83. The topological polar surface area (TPSA) is 106 Å². The second kappa shape index (κ2) is 10.4. The van der Waals surface area contributed by atoms with Gasteiger partial charge in [-0.25, -0.2) is 9.97 Å². The van der Waals surface area contributed by atoms with Crippen LogP contribution in [-0.2, 0) is 6.42 Å². The van der Waals surface area contributed by atoms with Gasteiger partial charge in [0.05, 0.1) is 17.2 Å². The van der Waals surface area contributed by atoms with Crippen LogP contribution >= 0.6 is 0 Å². The number of hydrogen-bond donors (Lipinski definition) is 2. The minimum absolute atomic E-state index is 0.00689. The van der Waals surface area contributed by atoms with Gasteiger partial charge in [-0.3, -0.25) is 14.4 Å². The number of carbonyl (C=O) groups excluding carboxylic acids is 1. The maximum Gasteiger partial charge on any atom is 0.431 e. The van der Waals surface area contributed by atoms with Crippen molar-refractivity contribution in [2.24, 2.45) is 0 Å². The van der Waals surface area contributed by atoms with Gasteiger partial charge < -0.3 is 10.3 Å². The Morgan fingerprint density at radius 1 is 0.975 bits per heavy atom. The van der Waals surface area contributed by atoms with Crippen LogP contribution in [0.4, 0.5) is 11.5 Å². The van der Waals surface area contributed by atoms with Gasteiger partial charge in [0.15, 0.2) is 11.6 Å². The highest BCUT2D eigenvalue weighted by Gasteiger charge is 2.15. The normalized spacial score (nSPS) is 11.2. The molecule has 6 rings (SSSR count). The van der Waals surface area contributed by atoms with E-state index in [0.717, 1.165) is 49.7 Å². The standard InChI is InChI=1S/C31H27BN6O2/c1-19-12-26-27(13-20(19)2)36-30(22-7-4-6-21(14-22)15-29(39)23-8-5-11-33-17-23)37-31(26)35-25-9-10-28-24(16-25)18-34-38(28)32(3)40/h4-14,16-18,40H,15H2,1-3H3,(H,35,36,37). The van der Waals surface area contributed by atoms with E-state index in [2.05, 4.69) is 41.4 Å². The Morgan fingerprint density at radius 2 is 1.82 bits per heavy atom. The van der Waals surface area contributed by atoms with E-state index >= 15 is 0 Å². The molecule has 40 heavy (non-hydrogen) atoms. The largest absolute Gasteiger partial charge is 0.431 e. The highest BCUT2D eigenvalue weighted by molar-refractivity contribution is 6.47. The van der Waals surface area contributed by atoms with Gasteiger partial charge >= 0.3 is 7.05 Å². The van der Waals surface area contributed by atoms with Crippen LogP contribution in [-0.4, -0.2) is 42.5 Å². The number of Topliss-reactive ketones (excluding diaryl/α,β-unsaturated/α-hetero) is 1. The lowest BCUT2D eigenvalue weighted by atomic mass is 9.89. The van der Waals surface area contributed by atoms with Crippen LogP contribution in [0.3, 0.4) is 0 Å². The van der Waals surface area contributed by atoms with E-state index in [0.29, 0.717) is 17.2 Å². The fraction of sp³-hybridized carbons (Fsp3) is 0.129. The molecule has 0 aliphatic carbocycles. The Morgan fingerprint density at radius 3 is 2.62 bits per heavy atom. The van der Waals surface area contributed by atoms with Gasteiger partial charge in [-0.15, -0.1) is 0 Å². The summed E-state index contributed by atoms with van der Waals surface area (Å²) in [5, 5.41) is 19.6. The van der Waals surface area contributed by atoms with E-state index in [1.807, 2.05) is 42.5 Å². The molecule has 2 N–H and O–H groups in total. The number of carbonyl (C=O) groups is 1. The Balaban J connectivity index is 1.39. The summed E-state index contributed by atoms with van der Waals surface area (Å²) in [4.78, 5) is 26.7. The number of pyridine rings is 1. The Labute approximate surface area is 231 Å². The van der Waals surface area contributed by atoms with Crippen molar-refractivity contribution < 1.29 is 9.82 Å². The molecule has 3 aromatic carbocycles. The second-order valence-electron chi connectivity index (χ2n) is 10.0. The third-order valence-electron chi connectivity index (χ3n) is 7.06. The Hall–Kier alpha value is -4.89. The van der Waals surface area contributed by atoms with Crippen molar-refractivity contribution in [3.05, 3.63) is 108 Å². The van der Waals surface area contributed by atoms with Gasteiger partial charge in [0.2, 0.25) is 0 Å². The molecule has 0 fully saturated rings. The first-order valence-corrected chi connectivity index (χ1v) is 13.1. The summed E-state index contributed by atoms with van der Waals surface area (Å²) in [6, 6.07) is 21.4. The molecule has 0 spiro atoms. The van der Waals surface area contributed by atoms with E-state index in [1.54, 1.807) is 42.1 Å². The van der Waals surface area contributed by atoms with Gasteiger partial charge in [-0.2, -0.15) is 5.10 Å². The van der Waals surface area contributed by atoms with Crippen LogP contribution in [0.5, 0.6) is 0 Å². The highest BCUT2D eigenvalue weighted by Crippen LogP contribution is 2.31. The van der Waals surface area contributed by atoms with E-state index in [1.165, 1.54) is 0 Å². The molecule has 196 valence electrons. The van der Waals surface area contributed by atoms with Crippen LogP contribution in [0.2, 0.25) is 6.82 Å². The Bertz CT molecular complexity index is 1880. The Kier molecular flexibility index (Phi) is 6.57. The van der Waals surface area contributed by atoms with Crippen molar-refractivity contribution in [2.75, 3.05) is 5.32 Å². The van der Waals surface area contributed by atoms with Crippen LogP contribution in [0.15, 0.2) is 85.3 Å². The number of rotatable bonds is 7. The van der Waals surface area contributed by atoms with E-state index < -0.39 is 7.05 Å². The van der Waals surface area contributed by atoms with Crippen molar-refractivity contribution in [1.29, 1.82) is 0 Å². The summed E-state index contributed by atoms with van der Waals surface area (Å²) in [5.74, 6) is 1.26. The molecule has 0 unspecified atom stereocenters.